The Bertz CT molecular complexity index is 437. The molecule has 1 atom stereocenters. The van der Waals surface area contributed by atoms with Crippen molar-refractivity contribution in [3.05, 3.63) is 21.4 Å². The Morgan fingerprint density at radius 1 is 1.65 bits per heavy atom. The number of β-amino-alcohol motifs (C(OH)–C–C–N with tert-alkyl or cyclic N) is 1. The van der Waals surface area contributed by atoms with Gasteiger partial charge >= 0.3 is 0 Å². The van der Waals surface area contributed by atoms with Crippen LogP contribution in [-0.4, -0.2) is 34.6 Å². The Balaban J connectivity index is 2.15. The summed E-state index contributed by atoms with van der Waals surface area (Å²) < 4.78 is 0. The molecule has 1 aromatic heterocycles. The third kappa shape index (κ3) is 2.53. The van der Waals surface area contributed by atoms with Gasteiger partial charge < -0.3 is 10.0 Å². The minimum Gasteiger partial charge on any atom is -0.388 e. The molecule has 1 unspecified atom stereocenters. The highest BCUT2D eigenvalue weighted by Gasteiger charge is 2.34. The molecule has 1 aliphatic heterocycles. The van der Waals surface area contributed by atoms with Crippen molar-refractivity contribution < 1.29 is 9.90 Å². The zero-order valence-electron chi connectivity index (χ0n) is 10.6. The van der Waals surface area contributed by atoms with E-state index in [0.717, 1.165) is 11.3 Å². The van der Waals surface area contributed by atoms with E-state index in [1.54, 1.807) is 23.2 Å². The molecule has 1 fully saturated rings. The topological polar surface area (TPSA) is 40.5 Å². The highest BCUT2D eigenvalue weighted by molar-refractivity contribution is 7.14. The van der Waals surface area contributed by atoms with Gasteiger partial charge in [-0.05, 0) is 38.3 Å². The van der Waals surface area contributed by atoms with Gasteiger partial charge in [-0.1, -0.05) is 6.92 Å². The Morgan fingerprint density at radius 3 is 2.82 bits per heavy atom. The third-order valence-corrected chi connectivity index (χ3v) is 4.66. The Labute approximate surface area is 106 Å². The second-order valence-corrected chi connectivity index (χ2v) is 6.18. The highest BCUT2D eigenvalue weighted by atomic mass is 32.1. The number of amides is 1. The summed E-state index contributed by atoms with van der Waals surface area (Å²) in [5, 5.41) is 9.88. The molecule has 1 aromatic rings. The van der Waals surface area contributed by atoms with Gasteiger partial charge in [0.2, 0.25) is 0 Å². The first kappa shape index (κ1) is 12.6. The van der Waals surface area contributed by atoms with Crippen LogP contribution in [0.15, 0.2) is 6.07 Å². The molecule has 2 heterocycles. The minimum atomic E-state index is -0.713. The van der Waals surface area contributed by atoms with Crippen molar-refractivity contribution in [3.63, 3.8) is 0 Å². The Kier molecular flexibility index (Phi) is 3.27. The lowest BCUT2D eigenvalue weighted by Gasteiger charge is -2.18. The first-order chi connectivity index (χ1) is 7.93. The van der Waals surface area contributed by atoms with E-state index in [1.165, 1.54) is 10.4 Å². The summed E-state index contributed by atoms with van der Waals surface area (Å²) in [5.74, 6) is 0.0653. The highest BCUT2D eigenvalue weighted by Crippen LogP contribution is 2.27. The summed E-state index contributed by atoms with van der Waals surface area (Å²) >= 11 is 1.58. The zero-order chi connectivity index (χ0) is 12.6. The SMILES string of the molecule is CCc1sc(C(=O)N2CCC(C)(O)C2)cc1C. The molecule has 4 heteroatoms. The van der Waals surface area contributed by atoms with Crippen LogP contribution in [-0.2, 0) is 6.42 Å². The lowest BCUT2D eigenvalue weighted by atomic mass is 10.1. The van der Waals surface area contributed by atoms with Gasteiger partial charge in [-0.25, -0.2) is 0 Å². The van der Waals surface area contributed by atoms with Gasteiger partial charge in [0.1, 0.15) is 0 Å². The predicted molar refractivity (Wildman–Crippen MR) is 69.6 cm³/mol. The van der Waals surface area contributed by atoms with Gasteiger partial charge in [0.15, 0.2) is 0 Å². The molecule has 0 bridgehead atoms. The van der Waals surface area contributed by atoms with E-state index in [4.69, 9.17) is 0 Å². The average molecular weight is 253 g/mol. The van der Waals surface area contributed by atoms with Crippen molar-refractivity contribution >= 4 is 17.2 Å². The van der Waals surface area contributed by atoms with Crippen LogP contribution in [0.3, 0.4) is 0 Å². The monoisotopic (exact) mass is 253 g/mol. The lowest BCUT2D eigenvalue weighted by Crippen LogP contribution is -2.33. The van der Waals surface area contributed by atoms with E-state index in [2.05, 4.69) is 6.92 Å². The van der Waals surface area contributed by atoms with Crippen molar-refractivity contribution in [1.82, 2.24) is 4.90 Å². The smallest absolute Gasteiger partial charge is 0.264 e. The van der Waals surface area contributed by atoms with Gasteiger partial charge in [0.05, 0.1) is 10.5 Å². The molecule has 0 aliphatic carbocycles. The van der Waals surface area contributed by atoms with Gasteiger partial charge in [-0.3, -0.25) is 4.79 Å². The van der Waals surface area contributed by atoms with Crippen LogP contribution in [0, 0.1) is 6.92 Å². The van der Waals surface area contributed by atoms with E-state index >= 15 is 0 Å². The summed E-state index contributed by atoms with van der Waals surface area (Å²) in [6.07, 6.45) is 1.64. The number of nitrogens with zero attached hydrogens (tertiary/aromatic N) is 1. The van der Waals surface area contributed by atoms with Crippen LogP contribution in [0.5, 0.6) is 0 Å². The standard InChI is InChI=1S/C13H19NO2S/c1-4-10-9(2)7-11(17-10)12(15)14-6-5-13(3,16)8-14/h7,16H,4-6,8H2,1-3H3. The Hall–Kier alpha value is -0.870. The van der Waals surface area contributed by atoms with Crippen LogP contribution in [0.4, 0.5) is 0 Å². The molecule has 1 N–H and O–H groups in total. The first-order valence-electron chi connectivity index (χ1n) is 6.04. The van der Waals surface area contributed by atoms with E-state index in [9.17, 15) is 9.90 Å². The number of likely N-dealkylation sites (tertiary alicyclic amines) is 1. The van der Waals surface area contributed by atoms with Crippen LogP contribution in [0.2, 0.25) is 0 Å². The van der Waals surface area contributed by atoms with Crippen LogP contribution in [0.1, 0.15) is 40.4 Å². The third-order valence-electron chi connectivity index (χ3n) is 3.29. The number of carbonyl (C=O) groups is 1. The fourth-order valence-electron chi connectivity index (χ4n) is 2.25. The quantitative estimate of drug-likeness (QED) is 0.878. The molecule has 0 saturated carbocycles. The average Bonchev–Trinajstić information content (AvgIpc) is 2.80. The Morgan fingerprint density at radius 2 is 2.35 bits per heavy atom. The van der Waals surface area contributed by atoms with Gasteiger partial charge in [0.25, 0.3) is 5.91 Å². The maximum Gasteiger partial charge on any atom is 0.264 e. The fourth-order valence-corrected chi connectivity index (χ4v) is 3.33. The predicted octanol–water partition coefficient (Wildman–Crippen LogP) is 2.22. The van der Waals surface area contributed by atoms with E-state index in [-0.39, 0.29) is 5.91 Å². The number of hydrogen-bond acceptors (Lipinski definition) is 3. The van der Waals surface area contributed by atoms with Gasteiger partial charge in [0, 0.05) is 18.0 Å². The molecule has 1 amide bonds. The minimum absolute atomic E-state index is 0.0653. The number of hydrogen-bond donors (Lipinski definition) is 1. The largest absolute Gasteiger partial charge is 0.388 e. The number of thiophene rings is 1. The van der Waals surface area contributed by atoms with Crippen molar-refractivity contribution in [2.45, 2.75) is 39.2 Å². The number of rotatable bonds is 2. The van der Waals surface area contributed by atoms with Crippen molar-refractivity contribution in [3.8, 4) is 0 Å². The van der Waals surface area contributed by atoms with E-state index < -0.39 is 5.60 Å². The lowest BCUT2D eigenvalue weighted by molar-refractivity contribution is 0.0575. The van der Waals surface area contributed by atoms with Gasteiger partial charge in [-0.15, -0.1) is 11.3 Å². The molecule has 1 aliphatic rings. The molecule has 17 heavy (non-hydrogen) atoms. The normalized spacial score (nSPS) is 24.4. The second-order valence-electron chi connectivity index (χ2n) is 5.04. The molecule has 0 radical (unpaired) electrons. The summed E-state index contributed by atoms with van der Waals surface area (Å²) in [7, 11) is 0. The molecular formula is C13H19NO2S. The second kappa shape index (κ2) is 4.42. The molecule has 3 nitrogen and oxygen atoms in total. The molecule has 94 valence electrons. The molecular weight excluding hydrogens is 234 g/mol. The summed E-state index contributed by atoms with van der Waals surface area (Å²) in [5.41, 5.74) is 0.488. The zero-order valence-corrected chi connectivity index (χ0v) is 11.4. The number of aliphatic hydroxyl groups is 1. The van der Waals surface area contributed by atoms with E-state index in [0.29, 0.717) is 19.5 Å². The van der Waals surface area contributed by atoms with Crippen molar-refractivity contribution in [2.24, 2.45) is 0 Å². The summed E-state index contributed by atoms with van der Waals surface area (Å²) in [6.45, 7) is 7.05. The van der Waals surface area contributed by atoms with Crippen LogP contribution >= 0.6 is 11.3 Å². The molecule has 0 aromatic carbocycles. The first-order valence-corrected chi connectivity index (χ1v) is 6.85. The van der Waals surface area contributed by atoms with Crippen molar-refractivity contribution in [2.75, 3.05) is 13.1 Å². The van der Waals surface area contributed by atoms with Crippen LogP contribution in [0.25, 0.3) is 0 Å². The summed E-state index contributed by atoms with van der Waals surface area (Å²) in [6, 6.07) is 1.97. The summed E-state index contributed by atoms with van der Waals surface area (Å²) in [4.78, 5) is 16.1. The molecule has 1 saturated heterocycles. The molecule has 2 rings (SSSR count). The number of aryl methyl sites for hydroxylation is 2. The maximum atomic E-state index is 12.2. The number of carbonyl (C=O) groups excluding carboxylic acids is 1. The van der Waals surface area contributed by atoms with Crippen molar-refractivity contribution in [1.29, 1.82) is 0 Å². The van der Waals surface area contributed by atoms with E-state index in [1.807, 2.05) is 13.0 Å². The fraction of sp³-hybridized carbons (Fsp3) is 0.615. The maximum absolute atomic E-state index is 12.2. The molecule has 0 spiro atoms. The van der Waals surface area contributed by atoms with Gasteiger partial charge in [-0.2, -0.15) is 0 Å². The van der Waals surface area contributed by atoms with Crippen LogP contribution < -0.4 is 0 Å².